The van der Waals surface area contributed by atoms with Crippen LogP contribution in [0.2, 0.25) is 0 Å². The van der Waals surface area contributed by atoms with Crippen LogP contribution >= 0.6 is 11.3 Å². The van der Waals surface area contributed by atoms with Crippen LogP contribution in [0.1, 0.15) is 34.4 Å². The van der Waals surface area contributed by atoms with E-state index in [9.17, 15) is 13.6 Å². The van der Waals surface area contributed by atoms with Gasteiger partial charge in [-0.2, -0.15) is 0 Å². The number of Topliss-reactive ketones (excluding diaryl/α,β-unsaturated/α-hetero) is 1. The molecule has 5 heteroatoms. The Morgan fingerprint density at radius 1 is 1.54 bits per heavy atom. The fourth-order valence-electron chi connectivity index (χ4n) is 0.776. The summed E-state index contributed by atoms with van der Waals surface area (Å²) in [7, 11) is 0. The van der Waals surface area contributed by atoms with Crippen molar-refractivity contribution in [3.63, 3.8) is 0 Å². The molecule has 1 aromatic heterocycles. The molecule has 13 heavy (non-hydrogen) atoms. The van der Waals surface area contributed by atoms with Gasteiger partial charge in [0.05, 0.1) is 9.88 Å². The van der Waals surface area contributed by atoms with Crippen molar-refractivity contribution in [1.29, 1.82) is 0 Å². The van der Waals surface area contributed by atoms with Crippen LogP contribution in [0.25, 0.3) is 0 Å². The number of rotatable bonds is 3. The predicted octanol–water partition coefficient (Wildman–Crippen LogP) is 2.71. The number of ketones is 1. The monoisotopic (exact) mass is 205 g/mol. The quantitative estimate of drug-likeness (QED) is 0.710. The second-order valence-corrected chi connectivity index (χ2v) is 3.94. The Morgan fingerprint density at radius 2 is 2.15 bits per heavy atom. The summed E-state index contributed by atoms with van der Waals surface area (Å²) >= 11 is 1.04. The molecule has 0 fully saturated rings. The van der Waals surface area contributed by atoms with Crippen molar-refractivity contribution in [1.82, 2.24) is 4.98 Å². The molecule has 0 aromatic carbocycles. The molecule has 0 atom stereocenters. The van der Waals surface area contributed by atoms with Crippen molar-refractivity contribution < 1.29 is 13.6 Å². The van der Waals surface area contributed by atoms with Crippen LogP contribution in [-0.4, -0.2) is 17.2 Å². The molecule has 0 aliphatic rings. The van der Waals surface area contributed by atoms with Gasteiger partial charge in [-0.25, -0.2) is 13.8 Å². The van der Waals surface area contributed by atoms with E-state index in [2.05, 4.69) is 4.98 Å². The second-order valence-electron chi connectivity index (χ2n) is 2.88. The molecule has 0 radical (unpaired) electrons. The van der Waals surface area contributed by atoms with Crippen LogP contribution in [0.5, 0.6) is 0 Å². The molecule has 0 aliphatic carbocycles. The zero-order valence-corrected chi connectivity index (χ0v) is 8.07. The Bertz CT molecular complexity index is 309. The predicted molar refractivity (Wildman–Crippen MR) is 46.5 cm³/mol. The van der Waals surface area contributed by atoms with Crippen molar-refractivity contribution in [2.24, 2.45) is 0 Å². The highest BCUT2D eigenvalue weighted by Gasteiger charge is 2.20. The van der Waals surface area contributed by atoms with Gasteiger partial charge in [0.2, 0.25) is 5.78 Å². The van der Waals surface area contributed by atoms with Gasteiger partial charge in [-0.1, -0.05) is 13.8 Å². The van der Waals surface area contributed by atoms with Crippen LogP contribution in [-0.2, 0) is 0 Å². The minimum absolute atomic E-state index is 0.0405. The number of aromatic nitrogens is 1. The Balaban J connectivity index is 2.86. The van der Waals surface area contributed by atoms with E-state index < -0.39 is 12.2 Å². The smallest absolute Gasteiger partial charge is 0.287 e. The lowest BCUT2D eigenvalue weighted by molar-refractivity contribution is 0.0683. The van der Waals surface area contributed by atoms with Crippen molar-refractivity contribution in [2.75, 3.05) is 0 Å². The van der Waals surface area contributed by atoms with Gasteiger partial charge in [0, 0.05) is 12.1 Å². The molecule has 0 bridgehead atoms. The summed E-state index contributed by atoms with van der Waals surface area (Å²) in [4.78, 5) is 14.7. The summed E-state index contributed by atoms with van der Waals surface area (Å²) < 4.78 is 23.9. The maximum atomic E-state index is 12.0. The van der Waals surface area contributed by atoms with Gasteiger partial charge in [-0.15, -0.1) is 11.3 Å². The number of alkyl halides is 2. The number of thiazole rings is 1. The third-order valence-corrected chi connectivity index (χ3v) is 2.77. The highest BCUT2D eigenvalue weighted by atomic mass is 32.1. The van der Waals surface area contributed by atoms with Crippen molar-refractivity contribution in [3.05, 3.63) is 16.1 Å². The number of carbonyl (C=O) groups excluding carboxylic acids is 1. The Labute approximate surface area is 78.6 Å². The fraction of sp³-hybridized carbons (Fsp3) is 0.500. The van der Waals surface area contributed by atoms with Crippen LogP contribution in [0.3, 0.4) is 0 Å². The molecule has 0 N–H and O–H groups in total. The topological polar surface area (TPSA) is 30.0 Å². The molecule has 1 heterocycles. The van der Waals surface area contributed by atoms with Crippen molar-refractivity contribution in [3.8, 4) is 0 Å². The molecule has 0 spiro atoms. The van der Waals surface area contributed by atoms with E-state index in [0.717, 1.165) is 11.3 Å². The maximum Gasteiger partial charge on any atom is 0.301 e. The van der Waals surface area contributed by atoms with Gasteiger partial charge in [0.1, 0.15) is 0 Å². The number of hydrogen-bond donors (Lipinski definition) is 0. The van der Waals surface area contributed by atoms with E-state index in [-0.39, 0.29) is 10.8 Å². The lowest BCUT2D eigenvalue weighted by Crippen LogP contribution is -2.07. The first kappa shape index (κ1) is 10.2. The highest BCUT2D eigenvalue weighted by molar-refractivity contribution is 7.13. The molecule has 0 saturated heterocycles. The summed E-state index contributed by atoms with van der Waals surface area (Å²) in [5, 5.41) is 0.712. The fourth-order valence-corrected chi connectivity index (χ4v) is 1.64. The third kappa shape index (κ3) is 2.30. The lowest BCUT2D eigenvalue weighted by Gasteiger charge is -1.95. The molecule has 2 nitrogen and oxygen atoms in total. The largest absolute Gasteiger partial charge is 0.301 e. The molecular weight excluding hydrogens is 196 g/mol. The minimum atomic E-state index is -2.93. The summed E-state index contributed by atoms with van der Waals surface area (Å²) in [6.45, 7) is 3.80. The van der Waals surface area contributed by atoms with Gasteiger partial charge < -0.3 is 0 Å². The lowest BCUT2D eigenvalue weighted by atomic mass is 10.2. The summed E-state index contributed by atoms with van der Waals surface area (Å²) in [5.41, 5.74) is 0. The number of nitrogens with zero attached hydrogens (tertiary/aromatic N) is 1. The van der Waals surface area contributed by atoms with E-state index in [1.165, 1.54) is 6.20 Å². The van der Waals surface area contributed by atoms with Crippen molar-refractivity contribution >= 4 is 17.1 Å². The van der Waals surface area contributed by atoms with Gasteiger partial charge in [-0.3, -0.25) is 4.79 Å². The van der Waals surface area contributed by atoms with E-state index in [1.54, 1.807) is 0 Å². The zero-order chi connectivity index (χ0) is 10.0. The number of hydrogen-bond acceptors (Lipinski definition) is 3. The third-order valence-electron chi connectivity index (χ3n) is 1.46. The average Bonchev–Trinajstić information content (AvgIpc) is 2.50. The summed E-state index contributed by atoms with van der Waals surface area (Å²) in [5.74, 6) is -0.964. The number of halogens is 2. The van der Waals surface area contributed by atoms with Crippen LogP contribution < -0.4 is 0 Å². The van der Waals surface area contributed by atoms with Crippen LogP contribution in [0.4, 0.5) is 8.78 Å². The molecule has 0 unspecified atom stereocenters. The Kier molecular flexibility index (Phi) is 3.08. The van der Waals surface area contributed by atoms with Crippen LogP contribution in [0.15, 0.2) is 6.20 Å². The molecule has 1 rings (SSSR count). The average molecular weight is 205 g/mol. The molecule has 72 valence electrons. The van der Waals surface area contributed by atoms with E-state index >= 15 is 0 Å². The van der Waals surface area contributed by atoms with Gasteiger partial charge in [-0.05, 0) is 0 Å². The summed E-state index contributed by atoms with van der Waals surface area (Å²) in [6, 6.07) is 0. The molecule has 0 amide bonds. The molecule has 0 aliphatic heterocycles. The van der Waals surface area contributed by atoms with E-state index in [4.69, 9.17) is 0 Å². The van der Waals surface area contributed by atoms with Gasteiger partial charge in [0.15, 0.2) is 0 Å². The van der Waals surface area contributed by atoms with E-state index in [0.29, 0.717) is 5.01 Å². The summed E-state index contributed by atoms with van der Waals surface area (Å²) in [6.07, 6.45) is -1.71. The highest BCUT2D eigenvalue weighted by Crippen LogP contribution is 2.22. The Morgan fingerprint density at radius 3 is 2.54 bits per heavy atom. The standard InChI is InChI=1S/C8H9F2NOS/c1-4(2)8-11-3-5(13-8)6(12)7(9)10/h3-4,7H,1-2H3. The Hall–Kier alpha value is -0.840. The maximum absolute atomic E-state index is 12.0. The first-order valence-electron chi connectivity index (χ1n) is 3.80. The van der Waals surface area contributed by atoms with Gasteiger partial charge in [0.25, 0.3) is 0 Å². The SMILES string of the molecule is CC(C)c1ncc(C(=O)C(F)F)s1. The molecular formula is C8H9F2NOS. The van der Waals surface area contributed by atoms with Gasteiger partial charge >= 0.3 is 6.43 Å². The van der Waals surface area contributed by atoms with Crippen molar-refractivity contribution in [2.45, 2.75) is 26.2 Å². The molecule has 0 saturated carbocycles. The normalized spacial score (nSPS) is 11.2. The minimum Gasteiger partial charge on any atom is -0.287 e. The molecule has 1 aromatic rings. The van der Waals surface area contributed by atoms with E-state index in [1.807, 2.05) is 13.8 Å². The zero-order valence-electron chi connectivity index (χ0n) is 7.25. The van der Waals surface area contributed by atoms with Crippen LogP contribution in [0, 0.1) is 0 Å². The first-order chi connectivity index (χ1) is 6.02. The number of carbonyl (C=O) groups is 1. The second kappa shape index (κ2) is 3.91. The first-order valence-corrected chi connectivity index (χ1v) is 4.62.